The van der Waals surface area contributed by atoms with Crippen molar-refractivity contribution >= 4 is 68.0 Å². The lowest BCUT2D eigenvalue weighted by Crippen LogP contribution is -2.41. The van der Waals surface area contributed by atoms with E-state index in [4.69, 9.17) is 46.4 Å². The van der Waals surface area contributed by atoms with Gasteiger partial charge in [-0.1, -0.05) is 46.4 Å². The maximum Gasteiger partial charge on any atom is 0.244 e. The summed E-state index contributed by atoms with van der Waals surface area (Å²) in [5.74, 6) is -0.494. The van der Waals surface area contributed by atoms with E-state index in [9.17, 15) is 13.2 Å². The average Bonchev–Trinajstić information content (AvgIpc) is 2.66. The number of amides is 1. The highest BCUT2D eigenvalue weighted by Crippen LogP contribution is 2.31. The average molecular weight is 482 g/mol. The minimum atomic E-state index is -3.78. The van der Waals surface area contributed by atoms with Crippen molar-refractivity contribution in [2.75, 3.05) is 18.4 Å². The number of carbonyl (C=O) groups is 1. The minimum absolute atomic E-state index is 0.0274. The predicted octanol–water partition coefficient (Wildman–Crippen LogP) is 5.34. The van der Waals surface area contributed by atoms with Gasteiger partial charge in [-0.25, -0.2) is 8.42 Å². The molecule has 0 unspecified atom stereocenters. The zero-order valence-corrected chi connectivity index (χ0v) is 18.3. The van der Waals surface area contributed by atoms with Crippen LogP contribution in [0.25, 0.3) is 0 Å². The number of hydrogen-bond acceptors (Lipinski definition) is 3. The Balaban J connectivity index is 1.65. The van der Waals surface area contributed by atoms with Crippen molar-refractivity contribution in [2.45, 2.75) is 17.7 Å². The molecule has 1 fully saturated rings. The van der Waals surface area contributed by atoms with E-state index in [1.807, 2.05) is 0 Å². The van der Waals surface area contributed by atoms with Gasteiger partial charge in [-0.15, -0.1) is 0 Å². The number of piperidine rings is 1. The molecule has 0 bridgehead atoms. The predicted molar refractivity (Wildman–Crippen MR) is 113 cm³/mol. The van der Waals surface area contributed by atoms with Gasteiger partial charge in [0.25, 0.3) is 0 Å². The molecule has 0 saturated carbocycles. The third-order valence-electron chi connectivity index (χ3n) is 4.52. The molecule has 2 aromatic rings. The van der Waals surface area contributed by atoms with Gasteiger partial charge < -0.3 is 5.32 Å². The highest BCUT2D eigenvalue weighted by atomic mass is 35.5. The first-order chi connectivity index (χ1) is 13.2. The summed E-state index contributed by atoms with van der Waals surface area (Å²) in [5.41, 5.74) is 0.542. The van der Waals surface area contributed by atoms with Crippen molar-refractivity contribution in [1.29, 1.82) is 0 Å². The van der Waals surface area contributed by atoms with Crippen molar-refractivity contribution in [3.8, 4) is 0 Å². The van der Waals surface area contributed by atoms with E-state index in [0.29, 0.717) is 33.6 Å². The standard InChI is InChI=1S/C18H16Cl4N2O3S/c19-12-1-3-15(21)17(9-12)28(26,27)24-7-5-11(6-8-24)18(25)23-13-2-4-14(20)16(22)10-13/h1-4,9-11H,5-8H2,(H,23,25). The molecule has 2 aromatic carbocycles. The Kier molecular flexibility index (Phi) is 6.80. The summed E-state index contributed by atoms with van der Waals surface area (Å²) in [6.45, 7) is 0.426. The lowest BCUT2D eigenvalue weighted by Gasteiger charge is -2.30. The van der Waals surface area contributed by atoms with Crippen molar-refractivity contribution in [3.05, 3.63) is 56.5 Å². The van der Waals surface area contributed by atoms with Crippen LogP contribution in [0, 0.1) is 5.92 Å². The first kappa shape index (κ1) is 21.7. The second-order valence-corrected chi connectivity index (χ2v) is 9.94. The van der Waals surface area contributed by atoms with Crippen molar-refractivity contribution < 1.29 is 13.2 Å². The zero-order valence-electron chi connectivity index (χ0n) is 14.5. The van der Waals surface area contributed by atoms with Gasteiger partial charge >= 0.3 is 0 Å². The number of carbonyl (C=O) groups excluding carboxylic acids is 1. The minimum Gasteiger partial charge on any atom is -0.326 e. The molecule has 0 radical (unpaired) electrons. The molecule has 0 atom stereocenters. The fraction of sp³-hybridized carbons (Fsp3) is 0.278. The van der Waals surface area contributed by atoms with Crippen molar-refractivity contribution in [2.24, 2.45) is 5.92 Å². The molecule has 5 nitrogen and oxygen atoms in total. The molecule has 150 valence electrons. The molecule has 1 N–H and O–H groups in total. The van der Waals surface area contributed by atoms with Crippen LogP contribution in [0.15, 0.2) is 41.3 Å². The van der Waals surface area contributed by atoms with Crippen LogP contribution in [0.5, 0.6) is 0 Å². The lowest BCUT2D eigenvalue weighted by molar-refractivity contribution is -0.120. The second kappa shape index (κ2) is 8.78. The molecule has 10 heteroatoms. The number of nitrogens with one attached hydrogen (secondary N) is 1. The molecule has 0 aliphatic carbocycles. The van der Waals surface area contributed by atoms with Crippen molar-refractivity contribution in [3.63, 3.8) is 0 Å². The van der Waals surface area contributed by atoms with E-state index in [-0.39, 0.29) is 34.8 Å². The third-order valence-corrected chi connectivity index (χ3v) is 7.88. The first-order valence-corrected chi connectivity index (χ1v) is 11.3. The number of benzene rings is 2. The molecular weight excluding hydrogens is 466 g/mol. The molecule has 0 spiro atoms. The Morgan fingerprint density at radius 3 is 2.21 bits per heavy atom. The molecule has 1 aliphatic heterocycles. The Morgan fingerprint density at radius 2 is 1.57 bits per heavy atom. The second-order valence-electron chi connectivity index (χ2n) is 6.37. The highest BCUT2D eigenvalue weighted by molar-refractivity contribution is 7.89. The molecule has 1 saturated heterocycles. The number of rotatable bonds is 4. The van der Waals surface area contributed by atoms with Gasteiger partial charge in [0, 0.05) is 29.7 Å². The molecular formula is C18H16Cl4N2O3S. The lowest BCUT2D eigenvalue weighted by atomic mass is 9.97. The van der Waals surface area contributed by atoms with E-state index in [2.05, 4.69) is 5.32 Å². The topological polar surface area (TPSA) is 66.5 Å². The number of anilines is 1. The largest absolute Gasteiger partial charge is 0.326 e. The molecule has 1 amide bonds. The Labute approximate surface area is 183 Å². The number of nitrogens with zero attached hydrogens (tertiary/aromatic N) is 1. The number of sulfonamides is 1. The van der Waals surface area contributed by atoms with E-state index in [1.54, 1.807) is 18.2 Å². The Bertz CT molecular complexity index is 1010. The van der Waals surface area contributed by atoms with Crippen LogP contribution >= 0.6 is 46.4 Å². The maximum atomic E-state index is 12.9. The van der Waals surface area contributed by atoms with Gasteiger partial charge in [0.15, 0.2) is 0 Å². The number of hydrogen-bond donors (Lipinski definition) is 1. The van der Waals surface area contributed by atoms with E-state index < -0.39 is 10.0 Å². The summed E-state index contributed by atoms with van der Waals surface area (Å²) in [5, 5.41) is 3.95. The van der Waals surface area contributed by atoms with Gasteiger partial charge in [0.1, 0.15) is 4.90 Å². The summed E-state index contributed by atoms with van der Waals surface area (Å²) < 4.78 is 27.0. The van der Waals surface area contributed by atoms with Gasteiger partial charge in [0.2, 0.25) is 15.9 Å². The number of halogens is 4. The third kappa shape index (κ3) is 4.75. The SMILES string of the molecule is O=C(Nc1ccc(Cl)c(Cl)c1)C1CCN(S(=O)(=O)c2cc(Cl)ccc2Cl)CC1. The molecule has 1 heterocycles. The zero-order chi connectivity index (χ0) is 20.5. The normalized spacial score (nSPS) is 16.1. The summed E-state index contributed by atoms with van der Waals surface area (Å²) in [6.07, 6.45) is 0.787. The van der Waals surface area contributed by atoms with Crippen LogP contribution in [0.1, 0.15) is 12.8 Å². The van der Waals surface area contributed by atoms with E-state index >= 15 is 0 Å². The quantitative estimate of drug-likeness (QED) is 0.640. The van der Waals surface area contributed by atoms with Gasteiger partial charge in [-0.3, -0.25) is 4.79 Å². The highest BCUT2D eigenvalue weighted by Gasteiger charge is 2.33. The van der Waals surface area contributed by atoms with Crippen LogP contribution in [-0.2, 0) is 14.8 Å². The Hall–Kier alpha value is -1.02. The summed E-state index contributed by atoms with van der Waals surface area (Å²) in [4.78, 5) is 12.5. The smallest absolute Gasteiger partial charge is 0.244 e. The summed E-state index contributed by atoms with van der Waals surface area (Å²) in [6, 6.07) is 9.15. The summed E-state index contributed by atoms with van der Waals surface area (Å²) >= 11 is 23.8. The monoisotopic (exact) mass is 480 g/mol. The van der Waals surface area contributed by atoms with Gasteiger partial charge in [-0.2, -0.15) is 4.31 Å². The Morgan fingerprint density at radius 1 is 0.929 bits per heavy atom. The fourth-order valence-corrected chi connectivity index (χ4v) is 5.50. The fourth-order valence-electron chi connectivity index (χ4n) is 2.99. The van der Waals surface area contributed by atoms with Crippen LogP contribution in [0.4, 0.5) is 5.69 Å². The van der Waals surface area contributed by atoms with Crippen molar-refractivity contribution in [1.82, 2.24) is 4.31 Å². The van der Waals surface area contributed by atoms with Gasteiger partial charge in [-0.05, 0) is 49.2 Å². The van der Waals surface area contributed by atoms with Crippen LogP contribution in [0.2, 0.25) is 20.1 Å². The molecule has 1 aliphatic rings. The van der Waals surface area contributed by atoms with Crippen LogP contribution < -0.4 is 5.32 Å². The molecule has 3 rings (SSSR count). The molecule has 0 aromatic heterocycles. The van der Waals surface area contributed by atoms with Crippen LogP contribution in [0.3, 0.4) is 0 Å². The van der Waals surface area contributed by atoms with Crippen LogP contribution in [-0.4, -0.2) is 31.7 Å². The van der Waals surface area contributed by atoms with E-state index in [1.165, 1.54) is 22.5 Å². The van der Waals surface area contributed by atoms with E-state index in [0.717, 1.165) is 0 Å². The molecule has 28 heavy (non-hydrogen) atoms. The van der Waals surface area contributed by atoms with Gasteiger partial charge in [0.05, 0.1) is 15.1 Å². The summed E-state index contributed by atoms with van der Waals surface area (Å²) in [7, 11) is -3.78. The first-order valence-electron chi connectivity index (χ1n) is 8.39. The maximum absolute atomic E-state index is 12.9.